The van der Waals surface area contributed by atoms with Crippen molar-refractivity contribution in [3.63, 3.8) is 0 Å². The van der Waals surface area contributed by atoms with Crippen molar-refractivity contribution >= 4 is 6.03 Å². The second-order valence-corrected chi connectivity index (χ2v) is 5.89. The van der Waals surface area contributed by atoms with Gasteiger partial charge in [0.15, 0.2) is 0 Å². The Bertz CT molecular complexity index is 412. The van der Waals surface area contributed by atoms with Gasteiger partial charge in [-0.25, -0.2) is 4.79 Å². The van der Waals surface area contributed by atoms with Gasteiger partial charge in [-0.05, 0) is 49.0 Å². The fraction of sp³-hybridized carbons (Fsp3) is 0.562. The monoisotopic (exact) mass is 258 g/mol. The van der Waals surface area contributed by atoms with E-state index in [-0.39, 0.29) is 6.03 Å². The Balaban J connectivity index is 1.39. The lowest BCUT2D eigenvalue weighted by Gasteiger charge is -2.16. The summed E-state index contributed by atoms with van der Waals surface area (Å²) in [4.78, 5) is 11.8. The van der Waals surface area contributed by atoms with Crippen LogP contribution in [0.1, 0.15) is 31.2 Å². The van der Waals surface area contributed by atoms with Crippen molar-refractivity contribution in [2.45, 2.75) is 32.2 Å². The van der Waals surface area contributed by atoms with Gasteiger partial charge in [0.1, 0.15) is 0 Å². The first-order chi connectivity index (χ1) is 9.33. The molecule has 2 saturated carbocycles. The predicted molar refractivity (Wildman–Crippen MR) is 75.6 cm³/mol. The standard InChI is InChI=1S/C16H22N2O/c19-16(17-10-12-4-2-1-3-5-12)18-11-15(13-6-7-13)14-8-9-14/h1-5,13-15H,6-11H2,(H2,17,18,19). The van der Waals surface area contributed by atoms with Gasteiger partial charge in [0, 0.05) is 13.1 Å². The number of hydrogen-bond acceptors (Lipinski definition) is 1. The summed E-state index contributed by atoms with van der Waals surface area (Å²) in [6.45, 7) is 1.46. The summed E-state index contributed by atoms with van der Waals surface area (Å²) < 4.78 is 0. The lowest BCUT2D eigenvalue weighted by molar-refractivity contribution is 0.236. The van der Waals surface area contributed by atoms with E-state index in [1.807, 2.05) is 30.3 Å². The molecule has 0 spiro atoms. The number of rotatable bonds is 6. The fourth-order valence-corrected chi connectivity index (χ4v) is 2.82. The summed E-state index contributed by atoms with van der Waals surface area (Å²) in [5.41, 5.74) is 1.14. The topological polar surface area (TPSA) is 41.1 Å². The first kappa shape index (κ1) is 12.5. The molecule has 0 heterocycles. The molecule has 19 heavy (non-hydrogen) atoms. The van der Waals surface area contributed by atoms with Crippen molar-refractivity contribution < 1.29 is 4.79 Å². The van der Waals surface area contributed by atoms with Gasteiger partial charge in [-0.15, -0.1) is 0 Å². The van der Waals surface area contributed by atoms with E-state index in [2.05, 4.69) is 10.6 Å². The van der Waals surface area contributed by atoms with Gasteiger partial charge in [-0.3, -0.25) is 0 Å². The third kappa shape index (κ3) is 3.72. The van der Waals surface area contributed by atoms with Gasteiger partial charge in [0.2, 0.25) is 0 Å². The van der Waals surface area contributed by atoms with Crippen LogP contribution < -0.4 is 10.6 Å². The van der Waals surface area contributed by atoms with Gasteiger partial charge in [-0.2, -0.15) is 0 Å². The molecule has 1 aromatic rings. The van der Waals surface area contributed by atoms with Crippen molar-refractivity contribution in [2.75, 3.05) is 6.54 Å². The quantitative estimate of drug-likeness (QED) is 0.809. The summed E-state index contributed by atoms with van der Waals surface area (Å²) in [6.07, 6.45) is 5.48. The third-order valence-electron chi connectivity index (χ3n) is 4.25. The van der Waals surface area contributed by atoms with E-state index in [0.717, 1.165) is 29.9 Å². The SMILES string of the molecule is O=C(NCc1ccccc1)NCC(C1CC1)C1CC1. The third-order valence-corrected chi connectivity index (χ3v) is 4.25. The molecule has 0 radical (unpaired) electrons. The number of urea groups is 1. The first-order valence-electron chi connectivity index (χ1n) is 7.38. The maximum absolute atomic E-state index is 11.8. The molecular formula is C16H22N2O. The zero-order valence-electron chi connectivity index (χ0n) is 11.3. The van der Waals surface area contributed by atoms with Crippen LogP contribution in [0.3, 0.4) is 0 Å². The van der Waals surface area contributed by atoms with E-state index in [1.165, 1.54) is 25.7 Å². The molecule has 0 aromatic heterocycles. The van der Waals surface area contributed by atoms with Gasteiger partial charge in [0.05, 0.1) is 0 Å². The highest BCUT2D eigenvalue weighted by Crippen LogP contribution is 2.48. The molecule has 2 aliphatic rings. The molecule has 1 aromatic carbocycles. The molecule has 0 aliphatic heterocycles. The molecular weight excluding hydrogens is 236 g/mol. The Morgan fingerprint density at radius 2 is 1.68 bits per heavy atom. The van der Waals surface area contributed by atoms with Crippen molar-refractivity contribution in [1.29, 1.82) is 0 Å². The molecule has 2 fully saturated rings. The van der Waals surface area contributed by atoms with Crippen LogP contribution in [0.5, 0.6) is 0 Å². The molecule has 2 N–H and O–H groups in total. The van der Waals surface area contributed by atoms with Crippen molar-refractivity contribution in [3.05, 3.63) is 35.9 Å². The molecule has 0 unspecified atom stereocenters. The second kappa shape index (κ2) is 5.64. The molecule has 0 bridgehead atoms. The van der Waals surface area contributed by atoms with Crippen LogP contribution >= 0.6 is 0 Å². The zero-order valence-corrected chi connectivity index (χ0v) is 11.3. The predicted octanol–water partition coefficient (Wildman–Crippen LogP) is 2.92. The number of hydrogen-bond donors (Lipinski definition) is 2. The minimum atomic E-state index is -0.0323. The Kier molecular flexibility index (Phi) is 3.72. The number of nitrogens with one attached hydrogen (secondary N) is 2. The van der Waals surface area contributed by atoms with E-state index >= 15 is 0 Å². The summed E-state index contributed by atoms with van der Waals surface area (Å²) in [5, 5.41) is 5.97. The van der Waals surface area contributed by atoms with Crippen LogP contribution in [0.4, 0.5) is 4.79 Å². The minimum absolute atomic E-state index is 0.0323. The summed E-state index contributed by atoms with van der Waals surface area (Å²) in [6, 6.07) is 9.99. The summed E-state index contributed by atoms with van der Waals surface area (Å²) >= 11 is 0. The normalized spacial score (nSPS) is 18.4. The minimum Gasteiger partial charge on any atom is -0.338 e. The van der Waals surface area contributed by atoms with Crippen molar-refractivity contribution in [2.24, 2.45) is 17.8 Å². The van der Waals surface area contributed by atoms with Crippen LogP contribution in [0, 0.1) is 17.8 Å². The maximum atomic E-state index is 11.8. The number of amides is 2. The van der Waals surface area contributed by atoms with Crippen LogP contribution in [0.2, 0.25) is 0 Å². The molecule has 3 heteroatoms. The van der Waals surface area contributed by atoms with E-state index in [1.54, 1.807) is 0 Å². The molecule has 3 rings (SSSR count). The van der Waals surface area contributed by atoms with Gasteiger partial charge in [0.25, 0.3) is 0 Å². The average molecular weight is 258 g/mol. The van der Waals surface area contributed by atoms with Crippen LogP contribution in [0.25, 0.3) is 0 Å². The highest BCUT2D eigenvalue weighted by atomic mass is 16.2. The average Bonchev–Trinajstić information content (AvgIpc) is 3.30. The molecule has 0 saturated heterocycles. The van der Waals surface area contributed by atoms with E-state index in [0.29, 0.717) is 6.54 Å². The second-order valence-electron chi connectivity index (χ2n) is 5.89. The van der Waals surface area contributed by atoms with E-state index in [9.17, 15) is 4.79 Å². The largest absolute Gasteiger partial charge is 0.338 e. The van der Waals surface area contributed by atoms with E-state index in [4.69, 9.17) is 0 Å². The summed E-state index contributed by atoms with van der Waals surface area (Å²) in [5.74, 6) is 2.52. The Morgan fingerprint density at radius 3 is 2.26 bits per heavy atom. The van der Waals surface area contributed by atoms with Crippen molar-refractivity contribution in [1.82, 2.24) is 10.6 Å². The molecule has 3 nitrogen and oxygen atoms in total. The molecule has 2 aliphatic carbocycles. The van der Waals surface area contributed by atoms with Crippen LogP contribution in [-0.4, -0.2) is 12.6 Å². The van der Waals surface area contributed by atoms with Crippen LogP contribution in [0.15, 0.2) is 30.3 Å². The van der Waals surface area contributed by atoms with Gasteiger partial charge >= 0.3 is 6.03 Å². The molecule has 102 valence electrons. The lowest BCUT2D eigenvalue weighted by atomic mass is 9.98. The first-order valence-corrected chi connectivity index (χ1v) is 7.38. The van der Waals surface area contributed by atoms with Crippen molar-refractivity contribution in [3.8, 4) is 0 Å². The van der Waals surface area contributed by atoms with Crippen LogP contribution in [-0.2, 0) is 6.54 Å². The number of benzene rings is 1. The Hall–Kier alpha value is -1.51. The maximum Gasteiger partial charge on any atom is 0.315 e. The Morgan fingerprint density at radius 1 is 1.05 bits per heavy atom. The number of carbonyl (C=O) groups is 1. The van der Waals surface area contributed by atoms with Gasteiger partial charge in [-0.1, -0.05) is 30.3 Å². The van der Waals surface area contributed by atoms with E-state index < -0.39 is 0 Å². The van der Waals surface area contributed by atoms with Gasteiger partial charge < -0.3 is 10.6 Å². The fourth-order valence-electron chi connectivity index (χ4n) is 2.82. The number of carbonyl (C=O) groups excluding carboxylic acids is 1. The lowest BCUT2D eigenvalue weighted by Crippen LogP contribution is -2.38. The zero-order chi connectivity index (χ0) is 13.1. The summed E-state index contributed by atoms with van der Waals surface area (Å²) in [7, 11) is 0. The highest BCUT2D eigenvalue weighted by Gasteiger charge is 2.41. The Labute approximate surface area is 114 Å². The molecule has 0 atom stereocenters. The molecule has 2 amide bonds. The highest BCUT2D eigenvalue weighted by molar-refractivity contribution is 5.73. The smallest absolute Gasteiger partial charge is 0.315 e.